The minimum Gasteiger partial charge on any atom is -0.355 e. The van der Waals surface area contributed by atoms with Crippen molar-refractivity contribution in [1.82, 2.24) is 5.16 Å². The Bertz CT molecular complexity index is 816. The average molecular weight is 295 g/mol. The van der Waals surface area contributed by atoms with E-state index in [0.29, 0.717) is 17.0 Å². The lowest BCUT2D eigenvalue weighted by molar-refractivity contribution is 0.101. The van der Waals surface area contributed by atoms with Gasteiger partial charge in [-0.2, -0.15) is 5.26 Å². The minimum atomic E-state index is -0.378. The molecular weight excluding hydrogens is 286 g/mol. The number of carbonyl (C=O) groups excluding carboxylic acids is 1. The molecule has 2 heterocycles. The van der Waals surface area contributed by atoms with Crippen LogP contribution in [0.25, 0.3) is 10.6 Å². The third-order valence-electron chi connectivity index (χ3n) is 2.76. The maximum atomic E-state index is 12.1. The molecule has 0 aliphatic carbocycles. The van der Waals surface area contributed by atoms with Gasteiger partial charge in [-0.1, -0.05) is 17.3 Å². The fourth-order valence-corrected chi connectivity index (χ4v) is 2.45. The molecule has 0 saturated heterocycles. The average Bonchev–Trinajstić information content (AvgIpc) is 3.18. The van der Waals surface area contributed by atoms with Crippen LogP contribution in [0.2, 0.25) is 0 Å². The quantitative estimate of drug-likeness (QED) is 0.801. The number of nitrogens with zero attached hydrogens (tertiary/aromatic N) is 2. The van der Waals surface area contributed by atoms with E-state index in [0.717, 1.165) is 4.88 Å². The van der Waals surface area contributed by atoms with Crippen LogP contribution >= 0.6 is 11.3 Å². The zero-order valence-corrected chi connectivity index (χ0v) is 11.6. The van der Waals surface area contributed by atoms with Gasteiger partial charge in [0.05, 0.1) is 16.5 Å². The first kappa shape index (κ1) is 13.1. The summed E-state index contributed by atoms with van der Waals surface area (Å²) in [6.45, 7) is 0. The molecule has 6 heteroatoms. The number of anilines is 1. The first-order chi connectivity index (χ1) is 10.3. The first-order valence-electron chi connectivity index (χ1n) is 6.08. The van der Waals surface area contributed by atoms with Gasteiger partial charge < -0.3 is 9.84 Å². The van der Waals surface area contributed by atoms with Crippen LogP contribution in [0.15, 0.2) is 52.4 Å². The Hall–Kier alpha value is -2.91. The van der Waals surface area contributed by atoms with E-state index in [9.17, 15) is 4.79 Å². The summed E-state index contributed by atoms with van der Waals surface area (Å²) in [7, 11) is 0. The van der Waals surface area contributed by atoms with E-state index in [1.54, 1.807) is 30.3 Å². The number of nitriles is 1. The van der Waals surface area contributed by atoms with Crippen LogP contribution in [0, 0.1) is 11.3 Å². The summed E-state index contributed by atoms with van der Waals surface area (Å²) in [5, 5.41) is 17.2. The van der Waals surface area contributed by atoms with Crippen molar-refractivity contribution in [3.8, 4) is 16.7 Å². The van der Waals surface area contributed by atoms with Gasteiger partial charge in [0.15, 0.2) is 11.5 Å². The number of carbonyl (C=O) groups is 1. The van der Waals surface area contributed by atoms with Crippen LogP contribution in [-0.4, -0.2) is 11.1 Å². The van der Waals surface area contributed by atoms with E-state index in [1.165, 1.54) is 11.3 Å². The second-order valence-electron chi connectivity index (χ2n) is 4.20. The van der Waals surface area contributed by atoms with Crippen LogP contribution in [0.1, 0.15) is 16.1 Å². The van der Waals surface area contributed by atoms with Crippen molar-refractivity contribution in [2.75, 3.05) is 5.32 Å². The monoisotopic (exact) mass is 295 g/mol. The maximum absolute atomic E-state index is 12.1. The number of thiophene rings is 1. The van der Waals surface area contributed by atoms with Crippen molar-refractivity contribution < 1.29 is 9.32 Å². The molecule has 3 rings (SSSR count). The SMILES string of the molecule is N#Cc1cccc(NC(=O)c2cc(-c3cccs3)on2)c1. The Morgan fingerprint density at radius 1 is 1.29 bits per heavy atom. The van der Waals surface area contributed by atoms with Gasteiger partial charge in [0, 0.05) is 11.8 Å². The Morgan fingerprint density at radius 3 is 2.95 bits per heavy atom. The van der Waals surface area contributed by atoms with Gasteiger partial charge >= 0.3 is 0 Å². The zero-order valence-electron chi connectivity index (χ0n) is 10.7. The molecule has 0 spiro atoms. The lowest BCUT2D eigenvalue weighted by atomic mass is 10.2. The van der Waals surface area contributed by atoms with Gasteiger partial charge in [0.2, 0.25) is 0 Å². The lowest BCUT2D eigenvalue weighted by Gasteiger charge is -2.02. The summed E-state index contributed by atoms with van der Waals surface area (Å²) < 4.78 is 5.16. The van der Waals surface area contributed by atoms with Gasteiger partial charge in [-0.25, -0.2) is 0 Å². The van der Waals surface area contributed by atoms with Gasteiger partial charge in [0.1, 0.15) is 0 Å². The largest absolute Gasteiger partial charge is 0.355 e. The topological polar surface area (TPSA) is 78.9 Å². The smallest absolute Gasteiger partial charge is 0.277 e. The fraction of sp³-hybridized carbons (Fsp3) is 0. The number of benzene rings is 1. The number of aromatic nitrogens is 1. The number of hydrogen-bond acceptors (Lipinski definition) is 5. The third-order valence-corrected chi connectivity index (χ3v) is 3.64. The van der Waals surface area contributed by atoms with Crippen molar-refractivity contribution in [2.45, 2.75) is 0 Å². The number of rotatable bonds is 3. The molecule has 102 valence electrons. The highest BCUT2D eigenvalue weighted by atomic mass is 32.1. The molecule has 0 bridgehead atoms. The zero-order chi connectivity index (χ0) is 14.7. The van der Waals surface area contributed by atoms with Crippen LogP contribution in [-0.2, 0) is 0 Å². The summed E-state index contributed by atoms with van der Waals surface area (Å²) in [6, 6.07) is 14.1. The van der Waals surface area contributed by atoms with Gasteiger partial charge in [-0.15, -0.1) is 11.3 Å². The summed E-state index contributed by atoms with van der Waals surface area (Å²) in [5.41, 5.74) is 1.22. The highest BCUT2D eigenvalue weighted by molar-refractivity contribution is 7.13. The number of nitrogens with one attached hydrogen (secondary N) is 1. The molecule has 0 aliphatic rings. The van der Waals surface area contributed by atoms with Crippen LogP contribution < -0.4 is 5.32 Å². The second kappa shape index (κ2) is 5.61. The van der Waals surface area contributed by atoms with E-state index >= 15 is 0 Å². The predicted octanol–water partition coefficient (Wildman–Crippen LogP) is 3.53. The molecule has 3 aromatic rings. The molecule has 21 heavy (non-hydrogen) atoms. The van der Waals surface area contributed by atoms with Crippen molar-refractivity contribution >= 4 is 22.9 Å². The van der Waals surface area contributed by atoms with Crippen molar-refractivity contribution in [2.24, 2.45) is 0 Å². The second-order valence-corrected chi connectivity index (χ2v) is 5.15. The normalized spacial score (nSPS) is 10.0. The minimum absolute atomic E-state index is 0.195. The molecule has 0 fully saturated rings. The molecule has 1 amide bonds. The van der Waals surface area contributed by atoms with Gasteiger partial charge in [-0.05, 0) is 29.6 Å². The molecule has 1 N–H and O–H groups in total. The predicted molar refractivity (Wildman–Crippen MR) is 78.9 cm³/mol. The Kier molecular flexibility index (Phi) is 3.50. The standard InChI is InChI=1S/C15H9N3O2S/c16-9-10-3-1-4-11(7-10)17-15(19)12-8-13(20-18-12)14-5-2-6-21-14/h1-8H,(H,17,19). The van der Waals surface area contributed by atoms with Gasteiger partial charge in [0.25, 0.3) is 5.91 Å². The van der Waals surface area contributed by atoms with Crippen molar-refractivity contribution in [1.29, 1.82) is 5.26 Å². The van der Waals surface area contributed by atoms with Crippen LogP contribution in [0.3, 0.4) is 0 Å². The Morgan fingerprint density at radius 2 is 2.19 bits per heavy atom. The van der Waals surface area contributed by atoms with Crippen molar-refractivity contribution in [3.05, 3.63) is 59.1 Å². The Labute approximate surface area is 124 Å². The molecule has 5 nitrogen and oxygen atoms in total. The molecule has 0 radical (unpaired) electrons. The molecule has 1 aromatic carbocycles. The molecular formula is C15H9N3O2S. The summed E-state index contributed by atoms with van der Waals surface area (Å²) >= 11 is 1.51. The van der Waals surface area contributed by atoms with Crippen LogP contribution in [0.4, 0.5) is 5.69 Å². The molecule has 0 unspecified atom stereocenters. The van der Waals surface area contributed by atoms with E-state index in [-0.39, 0.29) is 11.6 Å². The van der Waals surface area contributed by atoms with Crippen LogP contribution in [0.5, 0.6) is 0 Å². The maximum Gasteiger partial charge on any atom is 0.277 e. The first-order valence-corrected chi connectivity index (χ1v) is 6.96. The Balaban J connectivity index is 1.78. The van der Waals surface area contributed by atoms with E-state index in [1.807, 2.05) is 23.6 Å². The van der Waals surface area contributed by atoms with Crippen molar-refractivity contribution in [3.63, 3.8) is 0 Å². The molecule has 0 atom stereocenters. The van der Waals surface area contributed by atoms with E-state index in [4.69, 9.17) is 9.78 Å². The highest BCUT2D eigenvalue weighted by Gasteiger charge is 2.14. The number of amides is 1. The molecule has 2 aromatic heterocycles. The number of hydrogen-bond donors (Lipinski definition) is 1. The molecule has 0 saturated carbocycles. The molecule has 0 aliphatic heterocycles. The third kappa shape index (κ3) is 2.83. The van der Waals surface area contributed by atoms with Gasteiger partial charge in [-0.3, -0.25) is 4.79 Å². The summed E-state index contributed by atoms with van der Waals surface area (Å²) in [4.78, 5) is 13.0. The highest BCUT2D eigenvalue weighted by Crippen LogP contribution is 2.25. The lowest BCUT2D eigenvalue weighted by Crippen LogP contribution is -2.12. The van der Waals surface area contributed by atoms with E-state index < -0.39 is 0 Å². The van der Waals surface area contributed by atoms with E-state index in [2.05, 4.69) is 10.5 Å². The summed E-state index contributed by atoms with van der Waals surface area (Å²) in [5.74, 6) is 0.178. The summed E-state index contributed by atoms with van der Waals surface area (Å²) in [6.07, 6.45) is 0. The fourth-order valence-electron chi connectivity index (χ4n) is 1.78.